The Balaban J connectivity index is 1.74. The zero-order valence-corrected chi connectivity index (χ0v) is 12.2. The lowest BCUT2D eigenvalue weighted by Gasteiger charge is -2.06. The number of aromatic nitrogens is 3. The number of para-hydroxylation sites is 1. The summed E-state index contributed by atoms with van der Waals surface area (Å²) < 4.78 is 1.03. The van der Waals surface area contributed by atoms with E-state index >= 15 is 0 Å². The van der Waals surface area contributed by atoms with Crippen LogP contribution >= 0.6 is 0 Å². The quantitative estimate of drug-likeness (QED) is 0.799. The van der Waals surface area contributed by atoms with Crippen LogP contribution in [0.15, 0.2) is 71.7 Å². The van der Waals surface area contributed by atoms with Gasteiger partial charge in [-0.05, 0) is 12.1 Å². The maximum Gasteiger partial charge on any atom is 0.365 e. The van der Waals surface area contributed by atoms with Gasteiger partial charge >= 0.3 is 5.69 Å². The van der Waals surface area contributed by atoms with Crippen LogP contribution in [0.5, 0.6) is 0 Å². The largest absolute Gasteiger partial charge is 0.365 e. The van der Waals surface area contributed by atoms with Crippen molar-refractivity contribution >= 4 is 11.6 Å². The molecule has 3 aromatic rings. The molecule has 6 heteroatoms. The van der Waals surface area contributed by atoms with Gasteiger partial charge in [-0.25, -0.2) is 9.48 Å². The van der Waals surface area contributed by atoms with Crippen LogP contribution < -0.4 is 11.0 Å². The number of carbonyl (C=O) groups is 1. The van der Waals surface area contributed by atoms with Crippen molar-refractivity contribution in [2.45, 2.75) is 6.54 Å². The summed E-state index contributed by atoms with van der Waals surface area (Å²) in [5.74, 6) is -0.333. The number of carbonyl (C=O) groups excluding carboxylic acids is 1. The van der Waals surface area contributed by atoms with Gasteiger partial charge in [0.25, 0.3) is 0 Å². The van der Waals surface area contributed by atoms with Crippen LogP contribution in [-0.2, 0) is 11.3 Å². The number of hydrogen-bond acceptors (Lipinski definition) is 4. The molecule has 0 spiro atoms. The van der Waals surface area contributed by atoms with E-state index in [0.717, 1.165) is 10.2 Å². The molecule has 0 saturated carbocycles. The lowest BCUT2D eigenvalue weighted by atomic mass is 10.2. The number of hydrogen-bond donors (Lipinski definition) is 1. The number of amides is 1. The highest BCUT2D eigenvalue weighted by molar-refractivity contribution is 5.90. The maximum atomic E-state index is 12.0. The summed E-state index contributed by atoms with van der Waals surface area (Å²) in [7, 11) is 0. The molecule has 1 amide bonds. The Kier molecular flexibility index (Phi) is 4.24. The molecule has 23 heavy (non-hydrogen) atoms. The Hall–Kier alpha value is -3.28. The predicted octanol–water partition coefficient (Wildman–Crippen LogP) is 1.94. The second kappa shape index (κ2) is 6.65. The molecule has 0 aliphatic rings. The maximum absolute atomic E-state index is 12.0. The molecule has 0 aliphatic carbocycles. The van der Waals surface area contributed by atoms with Crippen molar-refractivity contribution in [3.05, 3.63) is 77.3 Å². The van der Waals surface area contributed by atoms with E-state index < -0.39 is 5.69 Å². The van der Waals surface area contributed by atoms with Crippen molar-refractivity contribution in [1.29, 1.82) is 0 Å². The summed E-state index contributed by atoms with van der Waals surface area (Å²) in [5, 5.41) is 6.71. The summed E-state index contributed by atoms with van der Waals surface area (Å²) in [6.07, 6.45) is 1.48. The summed E-state index contributed by atoms with van der Waals surface area (Å²) in [4.78, 5) is 27.9. The van der Waals surface area contributed by atoms with E-state index in [4.69, 9.17) is 0 Å². The van der Waals surface area contributed by atoms with E-state index in [9.17, 15) is 9.59 Å². The van der Waals surface area contributed by atoms with Crippen LogP contribution in [0.4, 0.5) is 5.69 Å². The van der Waals surface area contributed by atoms with E-state index in [-0.39, 0.29) is 12.5 Å². The molecule has 1 aromatic heterocycles. The van der Waals surface area contributed by atoms with Crippen molar-refractivity contribution in [1.82, 2.24) is 14.8 Å². The first-order valence-electron chi connectivity index (χ1n) is 7.07. The SMILES string of the molecule is O=C(Cn1ncc(-c2ccccc2)nc1=O)Nc1ccccc1. The lowest BCUT2D eigenvalue weighted by molar-refractivity contribution is -0.117. The average Bonchev–Trinajstić information content (AvgIpc) is 2.58. The molecule has 0 aliphatic heterocycles. The second-order valence-electron chi connectivity index (χ2n) is 4.86. The van der Waals surface area contributed by atoms with Gasteiger partial charge in [0.05, 0.1) is 11.9 Å². The molecular weight excluding hydrogens is 292 g/mol. The number of anilines is 1. The van der Waals surface area contributed by atoms with Crippen molar-refractivity contribution in [3.8, 4) is 11.3 Å². The Labute approximate surface area is 132 Å². The Morgan fingerprint density at radius 2 is 1.65 bits per heavy atom. The van der Waals surface area contributed by atoms with E-state index in [2.05, 4.69) is 15.4 Å². The van der Waals surface area contributed by atoms with Gasteiger partial charge < -0.3 is 5.32 Å². The third-order valence-corrected chi connectivity index (χ3v) is 3.18. The van der Waals surface area contributed by atoms with Crippen LogP contribution in [0.1, 0.15) is 0 Å². The highest BCUT2D eigenvalue weighted by Gasteiger charge is 2.08. The normalized spacial score (nSPS) is 10.3. The third kappa shape index (κ3) is 3.68. The van der Waals surface area contributed by atoms with E-state index in [1.54, 1.807) is 12.1 Å². The summed E-state index contributed by atoms with van der Waals surface area (Å²) >= 11 is 0. The van der Waals surface area contributed by atoms with Crippen LogP contribution in [0, 0.1) is 0 Å². The van der Waals surface area contributed by atoms with Crippen LogP contribution in [-0.4, -0.2) is 20.7 Å². The first kappa shape index (κ1) is 14.6. The number of nitrogens with zero attached hydrogens (tertiary/aromatic N) is 3. The van der Waals surface area contributed by atoms with Crippen molar-refractivity contribution < 1.29 is 4.79 Å². The fourth-order valence-electron chi connectivity index (χ4n) is 2.08. The number of benzene rings is 2. The lowest BCUT2D eigenvalue weighted by Crippen LogP contribution is -2.31. The average molecular weight is 306 g/mol. The van der Waals surface area contributed by atoms with Gasteiger partial charge in [-0.15, -0.1) is 0 Å². The van der Waals surface area contributed by atoms with Crippen molar-refractivity contribution in [2.75, 3.05) is 5.32 Å². The zero-order chi connectivity index (χ0) is 16.1. The minimum absolute atomic E-state index is 0.185. The Morgan fingerprint density at radius 1 is 1.00 bits per heavy atom. The molecule has 0 atom stereocenters. The fourth-order valence-corrected chi connectivity index (χ4v) is 2.08. The van der Waals surface area contributed by atoms with Crippen molar-refractivity contribution in [3.63, 3.8) is 0 Å². The summed E-state index contributed by atoms with van der Waals surface area (Å²) in [6, 6.07) is 18.3. The number of rotatable bonds is 4. The van der Waals surface area contributed by atoms with Gasteiger partial charge in [0.1, 0.15) is 6.54 Å². The Morgan fingerprint density at radius 3 is 2.30 bits per heavy atom. The van der Waals surface area contributed by atoms with Gasteiger partial charge in [-0.3, -0.25) is 4.79 Å². The zero-order valence-electron chi connectivity index (χ0n) is 12.2. The summed E-state index contributed by atoms with van der Waals surface area (Å²) in [6.45, 7) is -0.185. The molecular formula is C17H14N4O2. The molecule has 2 aromatic carbocycles. The van der Waals surface area contributed by atoms with E-state index in [1.165, 1.54) is 6.20 Å². The molecule has 0 radical (unpaired) electrons. The Bertz CT molecular complexity index is 861. The van der Waals surface area contributed by atoms with Crippen LogP contribution in [0.2, 0.25) is 0 Å². The molecule has 1 heterocycles. The minimum atomic E-state index is -0.561. The second-order valence-corrected chi connectivity index (χ2v) is 4.86. The molecule has 0 saturated heterocycles. The first-order valence-corrected chi connectivity index (χ1v) is 7.07. The van der Waals surface area contributed by atoms with Crippen LogP contribution in [0.25, 0.3) is 11.3 Å². The molecule has 3 rings (SSSR count). The molecule has 114 valence electrons. The molecule has 0 bridgehead atoms. The highest BCUT2D eigenvalue weighted by atomic mass is 16.2. The topological polar surface area (TPSA) is 76.9 Å². The highest BCUT2D eigenvalue weighted by Crippen LogP contribution is 2.12. The fraction of sp³-hybridized carbons (Fsp3) is 0.0588. The monoisotopic (exact) mass is 306 g/mol. The predicted molar refractivity (Wildman–Crippen MR) is 86.8 cm³/mol. The van der Waals surface area contributed by atoms with Crippen molar-refractivity contribution in [2.24, 2.45) is 0 Å². The summed E-state index contributed by atoms with van der Waals surface area (Å²) in [5.41, 5.74) is 1.39. The van der Waals surface area contributed by atoms with E-state index in [0.29, 0.717) is 11.4 Å². The standard InChI is InChI=1S/C17H14N4O2/c22-16(19-14-9-5-2-6-10-14)12-21-17(23)20-15(11-18-21)13-7-3-1-4-8-13/h1-11H,12H2,(H,19,22). The van der Waals surface area contributed by atoms with Crippen LogP contribution in [0.3, 0.4) is 0 Å². The van der Waals surface area contributed by atoms with Gasteiger partial charge in [-0.1, -0.05) is 48.5 Å². The van der Waals surface area contributed by atoms with Gasteiger partial charge in [0.2, 0.25) is 5.91 Å². The van der Waals surface area contributed by atoms with Gasteiger partial charge in [0, 0.05) is 11.3 Å². The van der Waals surface area contributed by atoms with E-state index in [1.807, 2.05) is 48.5 Å². The first-order chi connectivity index (χ1) is 11.2. The molecule has 0 fully saturated rings. The van der Waals surface area contributed by atoms with Gasteiger partial charge in [0.15, 0.2) is 0 Å². The smallest absolute Gasteiger partial charge is 0.324 e. The number of nitrogens with one attached hydrogen (secondary N) is 1. The minimum Gasteiger partial charge on any atom is -0.324 e. The van der Waals surface area contributed by atoms with Gasteiger partial charge in [-0.2, -0.15) is 10.1 Å². The molecule has 0 unspecified atom stereocenters. The molecule has 6 nitrogen and oxygen atoms in total. The molecule has 1 N–H and O–H groups in total. The third-order valence-electron chi connectivity index (χ3n) is 3.18.